The van der Waals surface area contributed by atoms with Gasteiger partial charge in [0.1, 0.15) is 5.76 Å². The topological polar surface area (TPSA) is 48.4 Å². The molecule has 0 radical (unpaired) electrons. The molecule has 0 bridgehead atoms. The van der Waals surface area contributed by atoms with Crippen molar-refractivity contribution in [1.29, 1.82) is 0 Å². The zero-order valence-electron chi connectivity index (χ0n) is 10.5. The summed E-state index contributed by atoms with van der Waals surface area (Å²) in [6.07, 6.45) is 2.29. The van der Waals surface area contributed by atoms with E-state index in [9.17, 15) is 0 Å². The van der Waals surface area contributed by atoms with Crippen LogP contribution < -0.4 is 10.5 Å². The number of rotatable bonds is 3. The second-order valence-corrected chi connectivity index (χ2v) is 5.82. The Morgan fingerprint density at radius 3 is 2.72 bits per heavy atom. The Balaban J connectivity index is 2.30. The normalized spacial score (nSPS) is 17.1. The van der Waals surface area contributed by atoms with Gasteiger partial charge in [-0.2, -0.15) is 0 Å². The van der Waals surface area contributed by atoms with Crippen molar-refractivity contribution >= 4 is 26.9 Å². The Morgan fingerprint density at radius 2 is 2.17 bits per heavy atom. The number of halogens is 1. The number of hydrogen-bond acceptors (Lipinski definition) is 3. The second kappa shape index (κ2) is 4.00. The Bertz CT molecular complexity index is 614. The number of nitrogens with two attached hydrogens (primary N) is 1. The van der Waals surface area contributed by atoms with E-state index in [0.717, 1.165) is 39.8 Å². The molecule has 3 nitrogen and oxygen atoms in total. The molecule has 0 atom stereocenters. The van der Waals surface area contributed by atoms with Crippen LogP contribution in [-0.4, -0.2) is 13.7 Å². The highest BCUT2D eigenvalue weighted by atomic mass is 79.9. The zero-order valence-corrected chi connectivity index (χ0v) is 12.1. The van der Waals surface area contributed by atoms with E-state index in [1.807, 2.05) is 13.0 Å². The molecule has 18 heavy (non-hydrogen) atoms. The van der Waals surface area contributed by atoms with Crippen molar-refractivity contribution < 1.29 is 9.15 Å². The quantitative estimate of drug-likeness (QED) is 0.944. The molecule has 1 aromatic carbocycles. The van der Waals surface area contributed by atoms with Gasteiger partial charge in [-0.1, -0.05) is 0 Å². The highest BCUT2D eigenvalue weighted by molar-refractivity contribution is 9.10. The summed E-state index contributed by atoms with van der Waals surface area (Å²) in [5.74, 6) is 1.68. The molecule has 1 aromatic heterocycles. The van der Waals surface area contributed by atoms with Crippen molar-refractivity contribution in [3.05, 3.63) is 27.9 Å². The monoisotopic (exact) mass is 309 g/mol. The molecule has 1 saturated carbocycles. The third-order valence-electron chi connectivity index (χ3n) is 3.86. The summed E-state index contributed by atoms with van der Waals surface area (Å²) < 4.78 is 12.3. The van der Waals surface area contributed by atoms with E-state index in [2.05, 4.69) is 22.0 Å². The van der Waals surface area contributed by atoms with Crippen LogP contribution in [0.4, 0.5) is 0 Å². The minimum absolute atomic E-state index is 0.130. The van der Waals surface area contributed by atoms with Crippen molar-refractivity contribution in [2.45, 2.75) is 25.2 Å². The van der Waals surface area contributed by atoms with Crippen molar-refractivity contribution in [2.75, 3.05) is 13.7 Å². The van der Waals surface area contributed by atoms with E-state index in [0.29, 0.717) is 6.54 Å². The molecule has 1 fully saturated rings. The summed E-state index contributed by atoms with van der Waals surface area (Å²) in [5.41, 5.74) is 8.11. The number of methoxy groups -OCH3 is 1. The summed E-state index contributed by atoms with van der Waals surface area (Å²) in [5, 5.41) is 1.07. The van der Waals surface area contributed by atoms with Gasteiger partial charge in [0, 0.05) is 21.8 Å². The summed E-state index contributed by atoms with van der Waals surface area (Å²) in [7, 11) is 1.67. The van der Waals surface area contributed by atoms with Crippen LogP contribution in [0.15, 0.2) is 21.0 Å². The van der Waals surface area contributed by atoms with Crippen LogP contribution in [0.25, 0.3) is 11.0 Å². The molecule has 3 rings (SSSR count). The lowest BCUT2D eigenvalue weighted by atomic mass is 9.94. The first-order valence-electron chi connectivity index (χ1n) is 6.08. The smallest absolute Gasteiger partial charge is 0.177 e. The average molecular weight is 310 g/mol. The summed E-state index contributed by atoms with van der Waals surface area (Å²) in [4.78, 5) is 0. The average Bonchev–Trinajstić information content (AvgIpc) is 3.06. The van der Waals surface area contributed by atoms with Crippen LogP contribution in [0.5, 0.6) is 5.75 Å². The Labute approximate surface area is 114 Å². The lowest BCUT2D eigenvalue weighted by Crippen LogP contribution is -2.20. The van der Waals surface area contributed by atoms with E-state index in [1.54, 1.807) is 7.11 Å². The van der Waals surface area contributed by atoms with E-state index < -0.39 is 0 Å². The first kappa shape index (κ1) is 12.1. The van der Waals surface area contributed by atoms with Crippen LogP contribution >= 0.6 is 15.9 Å². The minimum atomic E-state index is 0.130. The molecule has 0 saturated heterocycles. The number of fused-ring (bicyclic) bond motifs is 1. The number of aryl methyl sites for hydroxylation is 1. The first-order chi connectivity index (χ1) is 8.61. The number of furan rings is 1. The minimum Gasteiger partial charge on any atom is -0.493 e. The SMILES string of the molecule is COc1cc(C2(CN)CC2)c(Br)c2cc(C)oc12. The molecule has 4 heteroatoms. The van der Waals surface area contributed by atoms with Crippen molar-refractivity contribution in [2.24, 2.45) is 5.73 Å². The Hall–Kier alpha value is -1.00. The van der Waals surface area contributed by atoms with E-state index in [4.69, 9.17) is 14.9 Å². The van der Waals surface area contributed by atoms with Gasteiger partial charge in [-0.05, 0) is 53.4 Å². The van der Waals surface area contributed by atoms with Crippen LogP contribution in [0.1, 0.15) is 24.2 Å². The number of hydrogen-bond donors (Lipinski definition) is 1. The zero-order chi connectivity index (χ0) is 12.9. The van der Waals surface area contributed by atoms with Gasteiger partial charge in [-0.3, -0.25) is 0 Å². The molecule has 1 aliphatic rings. The molecule has 0 spiro atoms. The van der Waals surface area contributed by atoms with Crippen molar-refractivity contribution in [1.82, 2.24) is 0 Å². The highest BCUT2D eigenvalue weighted by Gasteiger charge is 2.45. The lowest BCUT2D eigenvalue weighted by Gasteiger charge is -2.16. The molecule has 0 amide bonds. The maximum absolute atomic E-state index is 5.93. The first-order valence-corrected chi connectivity index (χ1v) is 6.88. The molecule has 96 valence electrons. The third kappa shape index (κ3) is 1.59. The maximum atomic E-state index is 5.93. The Kier molecular flexibility index (Phi) is 2.68. The van der Waals surface area contributed by atoms with Gasteiger partial charge in [-0.15, -0.1) is 0 Å². The number of ether oxygens (including phenoxy) is 1. The summed E-state index contributed by atoms with van der Waals surface area (Å²) in [6, 6.07) is 4.10. The molecule has 1 heterocycles. The highest BCUT2D eigenvalue weighted by Crippen LogP contribution is 2.52. The fourth-order valence-electron chi connectivity index (χ4n) is 2.54. The fraction of sp³-hybridized carbons (Fsp3) is 0.429. The van der Waals surface area contributed by atoms with Crippen molar-refractivity contribution in [3.8, 4) is 5.75 Å². The predicted octanol–water partition coefficient (Wildman–Crippen LogP) is 3.50. The molecular formula is C14H16BrNO2. The van der Waals surface area contributed by atoms with Gasteiger partial charge in [0.2, 0.25) is 0 Å². The Morgan fingerprint density at radius 1 is 1.44 bits per heavy atom. The molecule has 0 unspecified atom stereocenters. The lowest BCUT2D eigenvalue weighted by molar-refractivity contribution is 0.407. The molecule has 1 aliphatic carbocycles. The van der Waals surface area contributed by atoms with E-state index >= 15 is 0 Å². The van der Waals surface area contributed by atoms with Gasteiger partial charge in [0.25, 0.3) is 0 Å². The van der Waals surface area contributed by atoms with Gasteiger partial charge in [-0.25, -0.2) is 0 Å². The van der Waals surface area contributed by atoms with E-state index in [1.165, 1.54) is 5.56 Å². The summed E-state index contributed by atoms with van der Waals surface area (Å²) in [6.45, 7) is 2.62. The molecule has 2 aromatic rings. The van der Waals surface area contributed by atoms with Crippen LogP contribution in [-0.2, 0) is 5.41 Å². The number of benzene rings is 1. The van der Waals surface area contributed by atoms with Crippen LogP contribution in [0.2, 0.25) is 0 Å². The standard InChI is InChI=1S/C14H16BrNO2/c1-8-5-9-12(15)10(14(7-16)3-4-14)6-11(17-2)13(9)18-8/h5-6H,3-4,7,16H2,1-2H3. The van der Waals surface area contributed by atoms with Gasteiger partial charge in [0.05, 0.1) is 7.11 Å². The second-order valence-electron chi connectivity index (χ2n) is 5.02. The largest absolute Gasteiger partial charge is 0.493 e. The van der Waals surface area contributed by atoms with Crippen molar-refractivity contribution in [3.63, 3.8) is 0 Å². The van der Waals surface area contributed by atoms with Gasteiger partial charge < -0.3 is 14.9 Å². The molecule has 2 N–H and O–H groups in total. The van der Waals surface area contributed by atoms with Gasteiger partial charge >= 0.3 is 0 Å². The van der Waals surface area contributed by atoms with Gasteiger partial charge in [0.15, 0.2) is 11.3 Å². The third-order valence-corrected chi connectivity index (χ3v) is 4.72. The molecule has 0 aliphatic heterocycles. The fourth-order valence-corrected chi connectivity index (χ4v) is 3.37. The maximum Gasteiger partial charge on any atom is 0.177 e. The summed E-state index contributed by atoms with van der Waals surface area (Å²) >= 11 is 3.70. The van der Waals surface area contributed by atoms with E-state index in [-0.39, 0.29) is 5.41 Å². The van der Waals surface area contributed by atoms with Crippen LogP contribution in [0.3, 0.4) is 0 Å². The van der Waals surface area contributed by atoms with Crippen LogP contribution in [0, 0.1) is 6.92 Å². The predicted molar refractivity (Wildman–Crippen MR) is 75.2 cm³/mol. The molecular weight excluding hydrogens is 294 g/mol.